The van der Waals surface area contributed by atoms with Crippen LogP contribution in [0.3, 0.4) is 0 Å². The maximum absolute atomic E-state index is 13.5. The molecule has 0 saturated heterocycles. The fraction of sp³-hybridized carbons (Fsp3) is 0.440. The monoisotopic (exact) mass is 388 g/mol. The minimum atomic E-state index is -0.254. The van der Waals surface area contributed by atoms with Crippen molar-refractivity contribution in [2.45, 2.75) is 50.9 Å². The number of anilines is 2. The lowest BCUT2D eigenvalue weighted by molar-refractivity contribution is -0.143. The predicted octanol–water partition coefficient (Wildman–Crippen LogP) is 5.12. The van der Waals surface area contributed by atoms with Gasteiger partial charge in [-0.15, -0.1) is 0 Å². The number of amides is 2. The van der Waals surface area contributed by atoms with E-state index in [0.29, 0.717) is 11.8 Å². The Kier molecular flexibility index (Phi) is 4.27. The molecule has 0 spiro atoms. The Balaban J connectivity index is 1.39. The Morgan fingerprint density at radius 2 is 1.41 bits per heavy atom. The number of hydrogen-bond donors (Lipinski definition) is 2. The Hall–Kier alpha value is -2.62. The van der Waals surface area contributed by atoms with E-state index in [1.54, 1.807) is 0 Å². The number of rotatable bonds is 4. The van der Waals surface area contributed by atoms with Gasteiger partial charge < -0.3 is 10.6 Å². The molecule has 4 saturated carbocycles. The zero-order valence-electron chi connectivity index (χ0n) is 16.9. The Labute approximate surface area is 172 Å². The molecule has 4 aliphatic carbocycles. The van der Waals surface area contributed by atoms with Crippen LogP contribution in [0.15, 0.2) is 54.6 Å². The SMILES string of the molecule is CC(=O)Nc1ccc(NC(=O)C23CC4CC(C2)CC(c2ccccc2)(C4)C3)cc1. The van der Waals surface area contributed by atoms with Gasteiger partial charge in [0.1, 0.15) is 0 Å². The molecule has 2 N–H and O–H groups in total. The lowest BCUT2D eigenvalue weighted by Gasteiger charge is -2.61. The van der Waals surface area contributed by atoms with Crippen LogP contribution in [-0.4, -0.2) is 11.8 Å². The summed E-state index contributed by atoms with van der Waals surface area (Å²) in [5, 5.41) is 5.96. The van der Waals surface area contributed by atoms with Gasteiger partial charge in [0.2, 0.25) is 11.8 Å². The summed E-state index contributed by atoms with van der Waals surface area (Å²) in [5.41, 5.74) is 2.88. The smallest absolute Gasteiger partial charge is 0.230 e. The van der Waals surface area contributed by atoms with Gasteiger partial charge >= 0.3 is 0 Å². The van der Waals surface area contributed by atoms with E-state index in [1.807, 2.05) is 24.3 Å². The highest BCUT2D eigenvalue weighted by molar-refractivity contribution is 5.96. The third-order valence-corrected chi connectivity index (χ3v) is 7.39. The van der Waals surface area contributed by atoms with Crippen molar-refractivity contribution in [3.8, 4) is 0 Å². The Bertz CT molecular complexity index is 921. The van der Waals surface area contributed by atoms with Crippen LogP contribution in [0.5, 0.6) is 0 Å². The first-order valence-corrected chi connectivity index (χ1v) is 10.7. The highest BCUT2D eigenvalue weighted by atomic mass is 16.2. The molecule has 2 unspecified atom stereocenters. The molecule has 4 bridgehead atoms. The minimum Gasteiger partial charge on any atom is -0.326 e. The van der Waals surface area contributed by atoms with Gasteiger partial charge in [-0.05, 0) is 85.6 Å². The summed E-state index contributed by atoms with van der Waals surface area (Å²) < 4.78 is 0. The maximum Gasteiger partial charge on any atom is 0.230 e. The molecule has 2 aromatic carbocycles. The molecule has 29 heavy (non-hydrogen) atoms. The number of hydrogen-bond acceptors (Lipinski definition) is 2. The van der Waals surface area contributed by atoms with E-state index in [-0.39, 0.29) is 22.6 Å². The molecular formula is C25H28N2O2. The van der Waals surface area contributed by atoms with Crippen LogP contribution in [0, 0.1) is 17.3 Å². The maximum atomic E-state index is 13.5. The lowest BCUT2D eigenvalue weighted by Crippen LogP contribution is -2.57. The molecule has 0 radical (unpaired) electrons. The minimum absolute atomic E-state index is 0.0958. The molecule has 0 heterocycles. The van der Waals surface area contributed by atoms with Gasteiger partial charge in [0, 0.05) is 18.3 Å². The van der Waals surface area contributed by atoms with E-state index >= 15 is 0 Å². The quantitative estimate of drug-likeness (QED) is 0.763. The number of nitrogens with one attached hydrogen (secondary N) is 2. The van der Waals surface area contributed by atoms with E-state index in [1.165, 1.54) is 31.7 Å². The first-order chi connectivity index (χ1) is 14.0. The van der Waals surface area contributed by atoms with Crippen molar-refractivity contribution in [2.75, 3.05) is 10.6 Å². The van der Waals surface area contributed by atoms with Crippen LogP contribution in [-0.2, 0) is 15.0 Å². The van der Waals surface area contributed by atoms with E-state index in [9.17, 15) is 9.59 Å². The second-order valence-electron chi connectivity index (χ2n) is 9.60. The molecule has 4 fully saturated rings. The van der Waals surface area contributed by atoms with Crippen LogP contribution in [0.2, 0.25) is 0 Å². The predicted molar refractivity (Wildman–Crippen MR) is 115 cm³/mol. The summed E-state index contributed by atoms with van der Waals surface area (Å²) in [4.78, 5) is 24.7. The molecule has 150 valence electrons. The van der Waals surface area contributed by atoms with Crippen LogP contribution in [0.4, 0.5) is 11.4 Å². The summed E-state index contributed by atoms with van der Waals surface area (Å²) >= 11 is 0. The average Bonchev–Trinajstić information content (AvgIpc) is 2.69. The standard InChI is InChI=1S/C25H28N2O2/c1-17(28)26-21-7-9-22(10-8-21)27-23(29)25-14-18-11-19(15-25)13-24(12-18,16-25)20-5-3-2-4-6-20/h2-10,18-19H,11-16H2,1H3,(H,26,28)(H,27,29). The summed E-state index contributed by atoms with van der Waals surface area (Å²) in [7, 11) is 0. The van der Waals surface area contributed by atoms with Crippen molar-refractivity contribution >= 4 is 23.2 Å². The van der Waals surface area contributed by atoms with Gasteiger partial charge in [0.15, 0.2) is 0 Å². The van der Waals surface area contributed by atoms with Crippen molar-refractivity contribution in [2.24, 2.45) is 17.3 Å². The van der Waals surface area contributed by atoms with Crippen molar-refractivity contribution < 1.29 is 9.59 Å². The fourth-order valence-electron chi connectivity index (χ4n) is 6.76. The number of carbonyl (C=O) groups excluding carboxylic acids is 2. The van der Waals surface area contributed by atoms with Gasteiger partial charge in [-0.1, -0.05) is 30.3 Å². The summed E-state index contributed by atoms with van der Waals surface area (Å²) in [6, 6.07) is 18.3. The van der Waals surface area contributed by atoms with Gasteiger partial charge in [0.25, 0.3) is 0 Å². The highest BCUT2D eigenvalue weighted by Gasteiger charge is 2.60. The van der Waals surface area contributed by atoms with Crippen LogP contribution >= 0.6 is 0 Å². The zero-order valence-corrected chi connectivity index (χ0v) is 16.9. The van der Waals surface area contributed by atoms with Gasteiger partial charge in [-0.25, -0.2) is 0 Å². The lowest BCUT2D eigenvalue weighted by atomic mass is 9.42. The zero-order chi connectivity index (χ0) is 20.1. The Morgan fingerprint density at radius 1 is 0.828 bits per heavy atom. The molecule has 2 aromatic rings. The molecular weight excluding hydrogens is 360 g/mol. The van der Waals surface area contributed by atoms with E-state index < -0.39 is 0 Å². The third-order valence-electron chi connectivity index (χ3n) is 7.39. The molecule has 2 atom stereocenters. The van der Waals surface area contributed by atoms with Gasteiger partial charge in [-0.2, -0.15) is 0 Å². The van der Waals surface area contributed by atoms with Crippen LogP contribution in [0.1, 0.15) is 51.0 Å². The van der Waals surface area contributed by atoms with E-state index in [0.717, 1.165) is 30.6 Å². The summed E-state index contributed by atoms with van der Waals surface area (Å²) in [6.07, 6.45) is 6.76. The molecule has 6 rings (SSSR count). The largest absolute Gasteiger partial charge is 0.326 e. The third kappa shape index (κ3) is 3.25. The second-order valence-corrected chi connectivity index (χ2v) is 9.60. The Morgan fingerprint density at radius 3 is 2.00 bits per heavy atom. The molecule has 4 heteroatoms. The molecule has 4 aliphatic rings. The van der Waals surface area contributed by atoms with Crippen molar-refractivity contribution in [1.82, 2.24) is 0 Å². The van der Waals surface area contributed by atoms with Crippen molar-refractivity contribution in [1.29, 1.82) is 0 Å². The van der Waals surface area contributed by atoms with Crippen molar-refractivity contribution in [3.63, 3.8) is 0 Å². The van der Waals surface area contributed by atoms with Crippen LogP contribution in [0.25, 0.3) is 0 Å². The molecule has 0 aromatic heterocycles. The molecule has 0 aliphatic heterocycles. The van der Waals surface area contributed by atoms with E-state index in [2.05, 4.69) is 41.0 Å². The van der Waals surface area contributed by atoms with Gasteiger partial charge in [0.05, 0.1) is 5.41 Å². The topological polar surface area (TPSA) is 58.2 Å². The number of carbonyl (C=O) groups is 2. The highest BCUT2D eigenvalue weighted by Crippen LogP contribution is 2.65. The summed E-state index contributed by atoms with van der Waals surface area (Å²) in [6.45, 7) is 1.49. The van der Waals surface area contributed by atoms with Crippen LogP contribution < -0.4 is 10.6 Å². The first kappa shape index (κ1) is 18.4. The van der Waals surface area contributed by atoms with E-state index in [4.69, 9.17) is 0 Å². The molecule has 2 amide bonds. The normalized spacial score (nSPS) is 32.0. The second kappa shape index (κ2) is 6.72. The summed E-state index contributed by atoms with van der Waals surface area (Å²) in [5.74, 6) is 1.40. The fourth-order valence-corrected chi connectivity index (χ4v) is 6.76. The van der Waals surface area contributed by atoms with Crippen molar-refractivity contribution in [3.05, 3.63) is 60.2 Å². The average molecular weight is 389 g/mol. The number of benzene rings is 2. The molecule has 4 nitrogen and oxygen atoms in total. The van der Waals surface area contributed by atoms with Gasteiger partial charge in [-0.3, -0.25) is 9.59 Å². The first-order valence-electron chi connectivity index (χ1n) is 10.7.